The van der Waals surface area contributed by atoms with Crippen molar-refractivity contribution < 1.29 is 9.32 Å². The van der Waals surface area contributed by atoms with Gasteiger partial charge in [-0.25, -0.2) is 9.19 Å². The molecule has 0 spiro atoms. The summed E-state index contributed by atoms with van der Waals surface area (Å²) in [5, 5.41) is 17.9. The van der Waals surface area contributed by atoms with Gasteiger partial charge in [0.1, 0.15) is 0 Å². The van der Waals surface area contributed by atoms with Gasteiger partial charge in [-0.3, -0.25) is 0 Å². The largest absolute Gasteiger partial charge is 0.394 e. The Morgan fingerprint density at radius 2 is 1.96 bits per heavy atom. The molecule has 0 aliphatic heterocycles. The number of aliphatic hydroxyl groups excluding tert-OH is 1. The van der Waals surface area contributed by atoms with E-state index >= 15 is 0 Å². The first kappa shape index (κ1) is 18.7. The van der Waals surface area contributed by atoms with Crippen molar-refractivity contribution in [2.45, 2.75) is 13.0 Å². The van der Waals surface area contributed by atoms with E-state index in [4.69, 9.17) is 5.11 Å². The van der Waals surface area contributed by atoms with Crippen molar-refractivity contribution in [2.75, 3.05) is 29.8 Å². The molecule has 134 valence electrons. The second-order valence-corrected chi connectivity index (χ2v) is 8.24. The summed E-state index contributed by atoms with van der Waals surface area (Å²) in [7, 11) is -2.22. The molecule has 0 aliphatic rings. The minimum Gasteiger partial charge on any atom is -0.394 e. The van der Waals surface area contributed by atoms with E-state index in [1.165, 1.54) is 6.20 Å². The lowest BCUT2D eigenvalue weighted by Gasteiger charge is -2.13. The number of anilines is 3. The topological polar surface area (TPSA) is 129 Å². The number of nitrogens with zero attached hydrogens (tertiary/aromatic N) is 4. The highest BCUT2D eigenvalue weighted by Gasteiger charge is 2.10. The molecule has 0 fully saturated rings. The highest BCUT2D eigenvalue weighted by Crippen LogP contribution is 2.25. The number of nitroso groups, excluding NO2 is 1. The van der Waals surface area contributed by atoms with Crippen molar-refractivity contribution in [3.63, 3.8) is 0 Å². The summed E-state index contributed by atoms with van der Waals surface area (Å²) in [4.78, 5) is 19.1. The van der Waals surface area contributed by atoms with Crippen LogP contribution in [0.5, 0.6) is 0 Å². The maximum atomic E-state index is 11.7. The fourth-order valence-corrected chi connectivity index (χ4v) is 2.51. The predicted octanol–water partition coefficient (Wildman–Crippen LogP) is 2.77. The smallest absolute Gasteiger partial charge is 0.229 e. The van der Waals surface area contributed by atoms with E-state index in [-0.39, 0.29) is 30.1 Å². The van der Waals surface area contributed by atoms with Crippen LogP contribution in [0.25, 0.3) is 0 Å². The Balaban J connectivity index is 2.21. The van der Waals surface area contributed by atoms with Crippen LogP contribution in [0.1, 0.15) is 6.92 Å². The zero-order valence-corrected chi connectivity index (χ0v) is 14.9. The normalized spacial score (nSPS) is 12.3. The predicted molar refractivity (Wildman–Crippen MR) is 99.5 cm³/mol. The third-order valence-corrected chi connectivity index (χ3v) is 3.62. The van der Waals surface area contributed by atoms with E-state index in [1.807, 2.05) is 0 Å². The molecule has 1 heterocycles. The third kappa shape index (κ3) is 5.76. The van der Waals surface area contributed by atoms with E-state index in [9.17, 15) is 9.12 Å². The fourth-order valence-electron chi connectivity index (χ4n) is 1.88. The first-order valence-electron chi connectivity index (χ1n) is 7.43. The number of hydrogen-bond donors (Lipinski definition) is 3. The molecule has 1 aromatic carbocycles. The Kier molecular flexibility index (Phi) is 5.99. The zero-order valence-electron chi connectivity index (χ0n) is 14.1. The van der Waals surface area contributed by atoms with Gasteiger partial charge < -0.3 is 15.7 Å². The number of aromatic nitrogens is 2. The SMILES string of the molecule is C[C@H](CO)Nc1nc(Nc2ccc(N=S(C)(C)=O)cc2)ncc1N=O. The molecule has 0 saturated carbocycles. The Morgan fingerprint density at radius 1 is 1.28 bits per heavy atom. The van der Waals surface area contributed by atoms with Gasteiger partial charge in [0.05, 0.1) is 18.5 Å². The molecule has 0 bridgehead atoms. The van der Waals surface area contributed by atoms with Crippen molar-refractivity contribution in [2.24, 2.45) is 9.54 Å². The lowest BCUT2D eigenvalue weighted by molar-refractivity contribution is 0.281. The maximum Gasteiger partial charge on any atom is 0.229 e. The molecule has 0 radical (unpaired) electrons. The van der Waals surface area contributed by atoms with Crippen molar-refractivity contribution in [3.05, 3.63) is 35.4 Å². The van der Waals surface area contributed by atoms with Gasteiger partial charge in [0.15, 0.2) is 11.5 Å². The molecular weight excluding hydrogens is 344 g/mol. The Morgan fingerprint density at radius 3 is 2.52 bits per heavy atom. The van der Waals surface area contributed by atoms with Gasteiger partial charge in [0, 0.05) is 34.0 Å². The minimum atomic E-state index is -2.22. The molecule has 10 heteroatoms. The molecule has 2 rings (SSSR count). The second kappa shape index (κ2) is 7.99. The van der Waals surface area contributed by atoms with E-state index in [1.54, 1.807) is 43.7 Å². The van der Waals surface area contributed by atoms with Crippen molar-refractivity contribution >= 4 is 38.6 Å². The number of benzene rings is 1. The number of hydrogen-bond acceptors (Lipinski definition) is 9. The quantitative estimate of drug-likeness (QED) is 0.644. The van der Waals surface area contributed by atoms with Crippen LogP contribution in [0.2, 0.25) is 0 Å². The van der Waals surface area contributed by atoms with Crippen LogP contribution in [0, 0.1) is 4.91 Å². The lowest BCUT2D eigenvalue weighted by atomic mass is 10.3. The highest BCUT2D eigenvalue weighted by atomic mass is 32.2. The maximum absolute atomic E-state index is 11.7. The number of aliphatic hydroxyl groups is 1. The summed E-state index contributed by atoms with van der Waals surface area (Å²) < 4.78 is 15.8. The number of nitrogens with one attached hydrogen (secondary N) is 2. The van der Waals surface area contributed by atoms with Gasteiger partial charge in [0.25, 0.3) is 0 Å². The standard InChI is InChI=1S/C15H20N6O3S/c1-10(9-22)17-14-13(20-23)8-16-15(19-14)18-11-4-6-12(7-5-11)21-25(2,3)24/h4-8,10,22H,9H2,1-3H3,(H2,16,17,18,19)/t10-/m1/s1. The van der Waals surface area contributed by atoms with Crippen LogP contribution in [0.3, 0.4) is 0 Å². The molecule has 9 nitrogen and oxygen atoms in total. The highest BCUT2D eigenvalue weighted by molar-refractivity contribution is 7.92. The molecule has 1 atom stereocenters. The number of rotatable bonds is 7. The van der Waals surface area contributed by atoms with E-state index < -0.39 is 9.73 Å². The minimum absolute atomic E-state index is 0.0562. The average molecular weight is 364 g/mol. The Bertz CT molecular complexity index is 854. The summed E-state index contributed by atoms with van der Waals surface area (Å²) in [6.45, 7) is 1.62. The molecule has 0 aliphatic carbocycles. The van der Waals surface area contributed by atoms with Gasteiger partial charge in [0.2, 0.25) is 5.95 Å². The second-order valence-electron chi connectivity index (χ2n) is 5.69. The van der Waals surface area contributed by atoms with Crippen molar-refractivity contribution in [3.8, 4) is 0 Å². The van der Waals surface area contributed by atoms with Crippen LogP contribution in [0.4, 0.5) is 28.8 Å². The monoisotopic (exact) mass is 364 g/mol. The van der Waals surface area contributed by atoms with E-state index in [0.29, 0.717) is 11.4 Å². The van der Waals surface area contributed by atoms with Crippen LogP contribution < -0.4 is 10.6 Å². The summed E-state index contributed by atoms with van der Waals surface area (Å²) in [5.74, 6) is 0.497. The van der Waals surface area contributed by atoms with Gasteiger partial charge in [-0.05, 0) is 36.4 Å². The van der Waals surface area contributed by atoms with E-state index in [2.05, 4.69) is 30.1 Å². The summed E-state index contributed by atoms with van der Waals surface area (Å²) in [5.41, 5.74) is 1.37. The molecular formula is C15H20N6O3S. The summed E-state index contributed by atoms with van der Waals surface area (Å²) in [6.07, 6.45) is 4.43. The summed E-state index contributed by atoms with van der Waals surface area (Å²) in [6, 6.07) is 6.67. The first-order chi connectivity index (χ1) is 11.8. The molecule has 0 unspecified atom stereocenters. The first-order valence-corrected chi connectivity index (χ1v) is 9.76. The van der Waals surface area contributed by atoms with Gasteiger partial charge in [-0.2, -0.15) is 9.35 Å². The Hall–Kier alpha value is -2.59. The van der Waals surface area contributed by atoms with Crippen LogP contribution in [0.15, 0.2) is 40.0 Å². The average Bonchev–Trinajstić information content (AvgIpc) is 2.55. The van der Waals surface area contributed by atoms with Crippen LogP contribution in [-0.4, -0.2) is 44.4 Å². The molecule has 0 amide bonds. The van der Waals surface area contributed by atoms with E-state index in [0.717, 1.165) is 0 Å². The van der Waals surface area contributed by atoms with Crippen molar-refractivity contribution in [1.29, 1.82) is 0 Å². The molecule has 1 aromatic heterocycles. The van der Waals surface area contributed by atoms with Gasteiger partial charge >= 0.3 is 0 Å². The van der Waals surface area contributed by atoms with Crippen LogP contribution >= 0.6 is 0 Å². The lowest BCUT2D eigenvalue weighted by Crippen LogP contribution is -2.20. The zero-order chi connectivity index (χ0) is 18.4. The molecule has 3 N–H and O–H groups in total. The van der Waals surface area contributed by atoms with Gasteiger partial charge in [-0.15, -0.1) is 4.91 Å². The third-order valence-electron chi connectivity index (χ3n) is 2.97. The molecule has 2 aromatic rings. The van der Waals surface area contributed by atoms with Crippen molar-refractivity contribution in [1.82, 2.24) is 9.97 Å². The summed E-state index contributed by atoms with van der Waals surface area (Å²) >= 11 is 0. The van der Waals surface area contributed by atoms with Gasteiger partial charge in [-0.1, -0.05) is 0 Å². The van der Waals surface area contributed by atoms with Crippen LogP contribution in [-0.2, 0) is 9.73 Å². The fraction of sp³-hybridized carbons (Fsp3) is 0.333. The molecule has 0 saturated heterocycles. The Labute approximate surface area is 146 Å². The molecule has 25 heavy (non-hydrogen) atoms.